The number of rotatable bonds is 2. The number of hydrogen-bond acceptors (Lipinski definition) is 4. The zero-order valence-electron chi connectivity index (χ0n) is 8.32. The average Bonchev–Trinajstić information content (AvgIpc) is 2.59. The molecule has 0 saturated heterocycles. The minimum atomic E-state index is -1.01. The lowest BCUT2D eigenvalue weighted by Gasteiger charge is -2.26. The summed E-state index contributed by atoms with van der Waals surface area (Å²) in [4.78, 5) is 12.0. The molecule has 2 rings (SSSR count). The normalized spacial score (nSPS) is 23.8. The second-order valence-electron chi connectivity index (χ2n) is 3.47. The van der Waals surface area contributed by atoms with Gasteiger partial charge in [0.2, 0.25) is 0 Å². The van der Waals surface area contributed by atoms with Crippen molar-refractivity contribution in [1.82, 2.24) is 0 Å². The molecule has 0 spiro atoms. The summed E-state index contributed by atoms with van der Waals surface area (Å²) in [5.74, 6) is -1.01. The third kappa shape index (κ3) is 1.78. The van der Waals surface area contributed by atoms with E-state index in [9.17, 15) is 15.0 Å². The Labute approximate surface area is 91.9 Å². The molecule has 1 aromatic carbocycles. The lowest BCUT2D eigenvalue weighted by atomic mass is 10.2. The highest BCUT2D eigenvalue weighted by Crippen LogP contribution is 2.23. The predicted octanol–water partition coefficient (Wildman–Crippen LogP) is 0.398. The Bertz CT molecular complexity index is 414. The Hall–Kier alpha value is -1.85. The lowest BCUT2D eigenvalue weighted by molar-refractivity contribution is 0.0697. The van der Waals surface area contributed by atoms with Crippen LogP contribution in [0.25, 0.3) is 0 Å². The fourth-order valence-electron chi connectivity index (χ4n) is 1.62. The summed E-state index contributed by atoms with van der Waals surface area (Å²) in [7, 11) is 0. The molecule has 1 heterocycles. The third-order valence-corrected chi connectivity index (χ3v) is 2.44. The van der Waals surface area contributed by atoms with Gasteiger partial charge in [-0.05, 0) is 36.4 Å². The number of carboxylic acids is 1. The van der Waals surface area contributed by atoms with Gasteiger partial charge < -0.3 is 20.2 Å². The molecule has 2 unspecified atom stereocenters. The van der Waals surface area contributed by atoms with Crippen LogP contribution in [0.4, 0.5) is 5.69 Å². The Kier molecular flexibility index (Phi) is 2.64. The average molecular weight is 221 g/mol. The van der Waals surface area contributed by atoms with Crippen molar-refractivity contribution in [1.29, 1.82) is 0 Å². The van der Waals surface area contributed by atoms with Crippen molar-refractivity contribution < 1.29 is 20.1 Å². The van der Waals surface area contributed by atoms with Gasteiger partial charge in [0, 0.05) is 5.69 Å². The molecule has 0 fully saturated rings. The summed E-state index contributed by atoms with van der Waals surface area (Å²) in [6.07, 6.45) is 1.17. The second kappa shape index (κ2) is 3.96. The maximum Gasteiger partial charge on any atom is 0.335 e. The van der Waals surface area contributed by atoms with Crippen molar-refractivity contribution in [3.05, 3.63) is 42.0 Å². The van der Waals surface area contributed by atoms with Gasteiger partial charge >= 0.3 is 5.97 Å². The molecule has 84 valence electrons. The van der Waals surface area contributed by atoms with E-state index >= 15 is 0 Å². The van der Waals surface area contributed by atoms with Gasteiger partial charge in [0.05, 0.1) is 5.56 Å². The molecule has 0 radical (unpaired) electrons. The molecule has 1 aliphatic rings. The minimum Gasteiger partial charge on any atom is -0.478 e. The van der Waals surface area contributed by atoms with Gasteiger partial charge in [-0.25, -0.2) is 4.79 Å². The van der Waals surface area contributed by atoms with E-state index in [1.165, 1.54) is 29.2 Å². The summed E-state index contributed by atoms with van der Waals surface area (Å²) >= 11 is 0. The topological polar surface area (TPSA) is 81.0 Å². The molecule has 0 aromatic heterocycles. The highest BCUT2D eigenvalue weighted by Gasteiger charge is 2.25. The number of aromatic carboxylic acids is 1. The van der Waals surface area contributed by atoms with Crippen LogP contribution in [0.1, 0.15) is 10.4 Å². The number of carbonyl (C=O) groups is 1. The molecule has 1 aliphatic heterocycles. The SMILES string of the molecule is O=C(O)c1ccc(N2C(O)C=CC2O)cc1. The van der Waals surface area contributed by atoms with Gasteiger partial charge in [-0.1, -0.05) is 0 Å². The van der Waals surface area contributed by atoms with E-state index in [0.717, 1.165) is 0 Å². The standard InChI is InChI=1S/C11H11NO4/c13-9-5-6-10(14)12(9)8-3-1-7(2-4-8)11(15)16/h1-6,9-10,13-14H,(H,15,16). The van der Waals surface area contributed by atoms with Gasteiger partial charge in [-0.2, -0.15) is 0 Å². The van der Waals surface area contributed by atoms with Crippen molar-refractivity contribution >= 4 is 11.7 Å². The maximum atomic E-state index is 10.6. The first-order valence-electron chi connectivity index (χ1n) is 4.76. The third-order valence-electron chi connectivity index (χ3n) is 2.44. The van der Waals surface area contributed by atoms with Crippen LogP contribution in [0, 0.1) is 0 Å². The number of hydrogen-bond donors (Lipinski definition) is 3. The van der Waals surface area contributed by atoms with E-state index in [4.69, 9.17) is 5.11 Å². The van der Waals surface area contributed by atoms with E-state index in [2.05, 4.69) is 0 Å². The maximum absolute atomic E-state index is 10.6. The first kappa shape index (κ1) is 10.7. The first-order valence-corrected chi connectivity index (χ1v) is 4.76. The smallest absolute Gasteiger partial charge is 0.335 e. The van der Waals surface area contributed by atoms with Gasteiger partial charge in [-0.3, -0.25) is 0 Å². The monoisotopic (exact) mass is 221 g/mol. The molecule has 5 nitrogen and oxygen atoms in total. The highest BCUT2D eigenvalue weighted by molar-refractivity contribution is 5.88. The van der Waals surface area contributed by atoms with Gasteiger partial charge in [0.15, 0.2) is 0 Å². The van der Waals surface area contributed by atoms with Gasteiger partial charge in [0.25, 0.3) is 0 Å². The Morgan fingerprint density at radius 2 is 1.56 bits per heavy atom. The zero-order valence-corrected chi connectivity index (χ0v) is 8.32. The van der Waals surface area contributed by atoms with Crippen molar-refractivity contribution in [2.24, 2.45) is 0 Å². The molecule has 2 atom stereocenters. The quantitative estimate of drug-likeness (QED) is 0.630. The molecule has 0 aliphatic carbocycles. The predicted molar refractivity (Wildman–Crippen MR) is 57.0 cm³/mol. The molecular weight excluding hydrogens is 210 g/mol. The molecule has 3 N–H and O–H groups in total. The van der Waals surface area contributed by atoms with Crippen LogP contribution in [-0.4, -0.2) is 33.7 Å². The number of anilines is 1. The fourth-order valence-corrected chi connectivity index (χ4v) is 1.62. The summed E-state index contributed by atoms with van der Waals surface area (Å²) < 4.78 is 0. The number of nitrogens with zero attached hydrogens (tertiary/aromatic N) is 1. The van der Waals surface area contributed by atoms with E-state index in [-0.39, 0.29) is 5.56 Å². The number of carboxylic acid groups (broad SMARTS) is 1. The highest BCUT2D eigenvalue weighted by atomic mass is 16.4. The lowest BCUT2D eigenvalue weighted by Crippen LogP contribution is -2.36. The van der Waals surface area contributed by atoms with Crippen LogP contribution in [-0.2, 0) is 0 Å². The second-order valence-corrected chi connectivity index (χ2v) is 3.47. The Balaban J connectivity index is 2.25. The molecule has 0 saturated carbocycles. The van der Waals surface area contributed by atoms with E-state index in [1.807, 2.05) is 0 Å². The minimum absolute atomic E-state index is 0.167. The summed E-state index contributed by atoms with van der Waals surface area (Å²) in [5.41, 5.74) is 0.731. The van der Waals surface area contributed by atoms with E-state index in [0.29, 0.717) is 5.69 Å². The molecule has 1 aromatic rings. The van der Waals surface area contributed by atoms with E-state index in [1.54, 1.807) is 12.1 Å². The Morgan fingerprint density at radius 1 is 1.06 bits per heavy atom. The zero-order chi connectivity index (χ0) is 11.7. The number of aliphatic hydroxyl groups is 2. The molecular formula is C11H11NO4. The van der Waals surface area contributed by atoms with Crippen LogP contribution < -0.4 is 4.90 Å². The van der Waals surface area contributed by atoms with Crippen molar-refractivity contribution in [3.8, 4) is 0 Å². The van der Waals surface area contributed by atoms with Crippen LogP contribution in [0.15, 0.2) is 36.4 Å². The molecule has 5 heteroatoms. The molecule has 0 bridgehead atoms. The van der Waals surface area contributed by atoms with Crippen LogP contribution in [0.3, 0.4) is 0 Å². The van der Waals surface area contributed by atoms with Crippen LogP contribution in [0.5, 0.6) is 0 Å². The number of benzene rings is 1. The van der Waals surface area contributed by atoms with Crippen molar-refractivity contribution in [3.63, 3.8) is 0 Å². The first-order chi connectivity index (χ1) is 7.59. The summed E-state index contributed by atoms with van der Waals surface area (Å²) in [6.45, 7) is 0. The number of aliphatic hydroxyl groups excluding tert-OH is 2. The van der Waals surface area contributed by atoms with Crippen molar-refractivity contribution in [2.45, 2.75) is 12.5 Å². The van der Waals surface area contributed by atoms with Crippen LogP contribution in [0.2, 0.25) is 0 Å². The fraction of sp³-hybridized carbons (Fsp3) is 0.182. The van der Waals surface area contributed by atoms with Gasteiger partial charge in [-0.15, -0.1) is 0 Å². The molecule has 16 heavy (non-hydrogen) atoms. The largest absolute Gasteiger partial charge is 0.478 e. The van der Waals surface area contributed by atoms with Crippen molar-refractivity contribution in [2.75, 3.05) is 4.90 Å². The van der Waals surface area contributed by atoms with Gasteiger partial charge in [0.1, 0.15) is 12.5 Å². The Morgan fingerprint density at radius 3 is 2.00 bits per heavy atom. The molecule has 0 amide bonds. The van der Waals surface area contributed by atoms with E-state index < -0.39 is 18.4 Å². The summed E-state index contributed by atoms with van der Waals surface area (Å²) in [6, 6.07) is 5.94. The van der Waals surface area contributed by atoms with Crippen LogP contribution >= 0.6 is 0 Å². The summed E-state index contributed by atoms with van der Waals surface area (Å²) in [5, 5.41) is 27.8.